The van der Waals surface area contributed by atoms with Gasteiger partial charge in [-0.15, -0.1) is 0 Å². The molecule has 1 amide bonds. The Hall–Kier alpha value is -3.87. The summed E-state index contributed by atoms with van der Waals surface area (Å²) in [5.74, 6) is 0.122. The number of carbonyl (C=O) groups is 1. The highest BCUT2D eigenvalue weighted by molar-refractivity contribution is 5.88. The largest absolute Gasteiger partial charge is 0.471 e. The number of rotatable bonds is 5. The zero-order chi connectivity index (χ0) is 20.2. The van der Waals surface area contributed by atoms with E-state index in [0.717, 1.165) is 16.7 Å². The fourth-order valence-electron chi connectivity index (χ4n) is 2.79. The predicted molar refractivity (Wildman–Crippen MR) is 110 cm³/mol. The molecule has 0 radical (unpaired) electrons. The third-order valence-corrected chi connectivity index (χ3v) is 4.23. The summed E-state index contributed by atoms with van der Waals surface area (Å²) in [6, 6.07) is 17.8. The monoisotopic (exact) mass is 385 g/mol. The van der Waals surface area contributed by atoms with Crippen molar-refractivity contribution in [2.75, 3.05) is 5.32 Å². The van der Waals surface area contributed by atoms with Crippen molar-refractivity contribution >= 4 is 23.0 Å². The normalized spacial score (nSPS) is 10.7. The molecule has 144 valence electrons. The first-order chi connectivity index (χ1) is 14.1. The molecule has 2 heterocycles. The summed E-state index contributed by atoms with van der Waals surface area (Å²) in [6.45, 7) is 3.73. The molecule has 2 aromatic heterocycles. The molecule has 0 unspecified atom stereocenters. The minimum absolute atomic E-state index is 0.130. The van der Waals surface area contributed by atoms with Gasteiger partial charge in [0.15, 0.2) is 11.2 Å². The van der Waals surface area contributed by atoms with Gasteiger partial charge < -0.3 is 4.74 Å². The van der Waals surface area contributed by atoms with E-state index in [4.69, 9.17) is 4.74 Å². The van der Waals surface area contributed by atoms with Gasteiger partial charge in [-0.05, 0) is 12.5 Å². The fourth-order valence-corrected chi connectivity index (χ4v) is 2.79. The number of fused-ring (bicyclic) bond motifs is 1. The highest BCUT2D eigenvalue weighted by atomic mass is 16.5. The van der Waals surface area contributed by atoms with Gasteiger partial charge in [-0.2, -0.15) is 9.97 Å². The van der Waals surface area contributed by atoms with E-state index in [2.05, 4.69) is 25.3 Å². The van der Waals surface area contributed by atoms with Crippen molar-refractivity contribution in [3.63, 3.8) is 0 Å². The lowest BCUT2D eigenvalue weighted by atomic mass is 10.1. The zero-order valence-electron chi connectivity index (χ0n) is 16.1. The van der Waals surface area contributed by atoms with E-state index >= 15 is 0 Å². The maximum Gasteiger partial charge on any atom is 0.247 e. The Morgan fingerprint density at radius 3 is 2.48 bits per heavy atom. The summed E-state index contributed by atoms with van der Waals surface area (Å²) >= 11 is 0. The number of nitrogens with one attached hydrogen (secondary N) is 1. The molecule has 2 aromatic carbocycles. The van der Waals surface area contributed by atoms with Gasteiger partial charge in [-0.3, -0.25) is 10.1 Å². The minimum atomic E-state index is -0.275. The van der Waals surface area contributed by atoms with Crippen LogP contribution in [0, 0.1) is 6.92 Å². The van der Waals surface area contributed by atoms with E-state index in [1.165, 1.54) is 6.92 Å². The molecule has 0 fully saturated rings. The van der Waals surface area contributed by atoms with Crippen molar-refractivity contribution < 1.29 is 9.53 Å². The first-order valence-electron chi connectivity index (χ1n) is 9.14. The van der Waals surface area contributed by atoms with Gasteiger partial charge in [0, 0.05) is 12.5 Å². The second-order valence-corrected chi connectivity index (χ2v) is 6.60. The van der Waals surface area contributed by atoms with Crippen LogP contribution in [0.1, 0.15) is 18.1 Å². The smallest absolute Gasteiger partial charge is 0.247 e. The third kappa shape index (κ3) is 4.35. The molecule has 0 saturated heterocycles. The summed E-state index contributed by atoms with van der Waals surface area (Å²) in [5.41, 5.74) is 4.57. The Labute approximate surface area is 167 Å². The first-order valence-corrected chi connectivity index (χ1v) is 9.14. The van der Waals surface area contributed by atoms with E-state index < -0.39 is 0 Å². The highest BCUT2D eigenvalue weighted by Gasteiger charge is 2.14. The molecule has 7 nitrogen and oxygen atoms in total. The minimum Gasteiger partial charge on any atom is -0.471 e. The zero-order valence-corrected chi connectivity index (χ0v) is 16.1. The van der Waals surface area contributed by atoms with E-state index in [0.29, 0.717) is 23.5 Å². The molecular formula is C22H19N5O2. The number of carbonyl (C=O) groups excluding carboxylic acids is 1. The van der Waals surface area contributed by atoms with Crippen LogP contribution < -0.4 is 10.1 Å². The lowest BCUT2D eigenvalue weighted by molar-refractivity contribution is -0.114. The average molecular weight is 385 g/mol. The third-order valence-electron chi connectivity index (χ3n) is 4.23. The summed E-state index contributed by atoms with van der Waals surface area (Å²) in [4.78, 5) is 29.2. The van der Waals surface area contributed by atoms with Crippen LogP contribution in [-0.4, -0.2) is 25.8 Å². The number of aromatic nitrogens is 4. The number of nitrogens with zero attached hydrogens (tertiary/aromatic N) is 4. The number of amides is 1. The Kier molecular flexibility index (Phi) is 5.11. The highest BCUT2D eigenvalue weighted by Crippen LogP contribution is 2.25. The van der Waals surface area contributed by atoms with Crippen LogP contribution in [0.4, 0.5) is 5.95 Å². The maximum absolute atomic E-state index is 11.4. The Morgan fingerprint density at radius 2 is 1.76 bits per heavy atom. The van der Waals surface area contributed by atoms with Gasteiger partial charge in [0.25, 0.3) is 0 Å². The SMILES string of the molecule is CC(=O)Nc1nc(OCc2ccccc2)c2nc(-c3ccc(C)cc3)cnc2n1. The number of hydrogen-bond acceptors (Lipinski definition) is 6. The summed E-state index contributed by atoms with van der Waals surface area (Å²) in [6.07, 6.45) is 1.65. The molecule has 1 N–H and O–H groups in total. The van der Waals surface area contributed by atoms with Crippen LogP contribution in [0.3, 0.4) is 0 Å². The van der Waals surface area contributed by atoms with Gasteiger partial charge in [0.2, 0.25) is 17.7 Å². The van der Waals surface area contributed by atoms with Crippen molar-refractivity contribution in [1.29, 1.82) is 0 Å². The van der Waals surface area contributed by atoms with Crippen LogP contribution in [0.15, 0.2) is 60.8 Å². The van der Waals surface area contributed by atoms with Gasteiger partial charge in [-0.25, -0.2) is 9.97 Å². The molecule has 0 bridgehead atoms. The molecule has 4 aromatic rings. The number of benzene rings is 2. The molecule has 0 aliphatic rings. The van der Waals surface area contributed by atoms with Crippen molar-refractivity contribution in [3.8, 4) is 17.1 Å². The van der Waals surface area contributed by atoms with Crippen LogP contribution in [0.5, 0.6) is 5.88 Å². The van der Waals surface area contributed by atoms with Gasteiger partial charge in [0.1, 0.15) is 6.61 Å². The number of hydrogen-bond donors (Lipinski definition) is 1. The molecule has 0 atom stereocenters. The Morgan fingerprint density at radius 1 is 1.00 bits per heavy atom. The average Bonchev–Trinajstić information content (AvgIpc) is 2.72. The lowest BCUT2D eigenvalue weighted by Crippen LogP contribution is -2.11. The topological polar surface area (TPSA) is 89.9 Å². The molecular weight excluding hydrogens is 366 g/mol. The van der Waals surface area contributed by atoms with Crippen LogP contribution in [0.2, 0.25) is 0 Å². The lowest BCUT2D eigenvalue weighted by Gasteiger charge is -2.10. The summed E-state index contributed by atoms with van der Waals surface area (Å²) < 4.78 is 5.93. The Balaban J connectivity index is 1.76. The molecule has 0 aliphatic carbocycles. The van der Waals surface area contributed by atoms with Gasteiger partial charge >= 0.3 is 0 Å². The molecule has 0 spiro atoms. The first kappa shape index (κ1) is 18.5. The van der Waals surface area contributed by atoms with E-state index in [1.807, 2.05) is 61.5 Å². The van der Waals surface area contributed by atoms with Crippen LogP contribution >= 0.6 is 0 Å². The van der Waals surface area contributed by atoms with Crippen molar-refractivity contribution in [2.24, 2.45) is 0 Å². The van der Waals surface area contributed by atoms with Crippen LogP contribution in [-0.2, 0) is 11.4 Å². The van der Waals surface area contributed by atoms with Crippen molar-refractivity contribution in [1.82, 2.24) is 19.9 Å². The molecule has 0 saturated carbocycles. The van der Waals surface area contributed by atoms with Crippen LogP contribution in [0.25, 0.3) is 22.4 Å². The van der Waals surface area contributed by atoms with Gasteiger partial charge in [-0.1, -0.05) is 60.2 Å². The van der Waals surface area contributed by atoms with Gasteiger partial charge in [0.05, 0.1) is 11.9 Å². The van der Waals surface area contributed by atoms with E-state index in [1.54, 1.807) is 6.20 Å². The second kappa shape index (κ2) is 8.02. The molecule has 29 heavy (non-hydrogen) atoms. The fraction of sp³-hybridized carbons (Fsp3) is 0.136. The summed E-state index contributed by atoms with van der Waals surface area (Å²) in [5, 5.41) is 2.58. The number of anilines is 1. The quantitative estimate of drug-likeness (QED) is 0.560. The van der Waals surface area contributed by atoms with E-state index in [-0.39, 0.29) is 17.7 Å². The molecule has 7 heteroatoms. The van der Waals surface area contributed by atoms with E-state index in [9.17, 15) is 4.79 Å². The van der Waals surface area contributed by atoms with Crippen molar-refractivity contribution in [2.45, 2.75) is 20.5 Å². The van der Waals surface area contributed by atoms with Crippen molar-refractivity contribution in [3.05, 3.63) is 71.9 Å². The second-order valence-electron chi connectivity index (χ2n) is 6.60. The summed E-state index contributed by atoms with van der Waals surface area (Å²) in [7, 11) is 0. The molecule has 0 aliphatic heterocycles. The predicted octanol–water partition coefficient (Wildman–Crippen LogP) is 3.93. The number of ether oxygens (including phenoxy) is 1. The Bertz CT molecular complexity index is 1160. The number of aryl methyl sites for hydroxylation is 1. The molecule has 4 rings (SSSR count). The maximum atomic E-state index is 11.4. The standard InChI is InChI=1S/C22H19N5O2/c1-14-8-10-17(11-9-14)18-12-23-20-19(25-18)21(27-22(26-20)24-15(2)28)29-13-16-6-4-3-5-7-16/h3-12H,13H2,1-2H3,(H,23,24,26,27,28).